The minimum absolute atomic E-state index is 0.181. The molecule has 1 unspecified atom stereocenters. The molecule has 2 rings (SSSR count). The third kappa shape index (κ3) is 1.78. The van der Waals surface area contributed by atoms with Gasteiger partial charge in [-0.3, -0.25) is 4.68 Å². The van der Waals surface area contributed by atoms with Gasteiger partial charge in [0.2, 0.25) is 0 Å². The first-order chi connectivity index (χ1) is 7.93. The molecule has 0 bridgehead atoms. The Bertz CT molecular complexity index is 532. The van der Waals surface area contributed by atoms with Crippen LogP contribution in [0.5, 0.6) is 0 Å². The first-order valence-electron chi connectivity index (χ1n) is 5.74. The molecular formula is C13H19N3O. The number of furan rings is 1. The Morgan fingerprint density at radius 3 is 2.29 bits per heavy atom. The van der Waals surface area contributed by atoms with Crippen molar-refractivity contribution >= 4 is 0 Å². The third-order valence-electron chi connectivity index (χ3n) is 3.40. The highest BCUT2D eigenvalue weighted by Gasteiger charge is 2.23. The van der Waals surface area contributed by atoms with Crippen molar-refractivity contribution < 1.29 is 4.42 Å². The van der Waals surface area contributed by atoms with Crippen LogP contribution < -0.4 is 5.73 Å². The molecule has 0 aliphatic carbocycles. The summed E-state index contributed by atoms with van der Waals surface area (Å²) in [7, 11) is 1.92. The summed E-state index contributed by atoms with van der Waals surface area (Å²) in [5.41, 5.74) is 10.7. The van der Waals surface area contributed by atoms with Crippen molar-refractivity contribution in [3.05, 3.63) is 40.1 Å². The molecule has 0 radical (unpaired) electrons. The zero-order valence-corrected chi connectivity index (χ0v) is 11.0. The second-order valence-electron chi connectivity index (χ2n) is 4.57. The molecule has 4 heteroatoms. The molecule has 1 atom stereocenters. The number of aromatic nitrogens is 2. The lowest BCUT2D eigenvalue weighted by Crippen LogP contribution is -2.18. The SMILES string of the molecule is Cc1cnn(C)c1C(N)c1c(C)oc(C)c1C. The maximum absolute atomic E-state index is 6.36. The maximum Gasteiger partial charge on any atom is 0.106 e. The summed E-state index contributed by atoms with van der Waals surface area (Å²) in [6.07, 6.45) is 1.84. The average molecular weight is 233 g/mol. The quantitative estimate of drug-likeness (QED) is 0.865. The van der Waals surface area contributed by atoms with E-state index in [-0.39, 0.29) is 6.04 Å². The first-order valence-corrected chi connectivity index (χ1v) is 5.74. The normalized spacial score (nSPS) is 13.1. The van der Waals surface area contributed by atoms with Crippen LogP contribution in [0.25, 0.3) is 0 Å². The standard InChI is InChI=1S/C13H19N3O/c1-7-6-15-16(5)13(7)12(14)11-8(2)9(3)17-10(11)4/h6,12H,14H2,1-5H3. The number of aryl methyl sites for hydroxylation is 4. The molecule has 0 aliphatic heterocycles. The monoisotopic (exact) mass is 233 g/mol. The van der Waals surface area contributed by atoms with E-state index in [1.165, 1.54) is 0 Å². The van der Waals surface area contributed by atoms with E-state index in [0.29, 0.717) is 0 Å². The van der Waals surface area contributed by atoms with E-state index in [9.17, 15) is 0 Å². The highest BCUT2D eigenvalue weighted by molar-refractivity contribution is 5.40. The van der Waals surface area contributed by atoms with E-state index < -0.39 is 0 Å². The number of nitrogens with zero attached hydrogens (tertiary/aromatic N) is 2. The van der Waals surface area contributed by atoms with Crippen molar-refractivity contribution in [1.82, 2.24) is 9.78 Å². The minimum Gasteiger partial charge on any atom is -0.466 e. The predicted molar refractivity (Wildman–Crippen MR) is 66.9 cm³/mol. The van der Waals surface area contributed by atoms with Gasteiger partial charge in [0, 0.05) is 12.6 Å². The fourth-order valence-corrected chi connectivity index (χ4v) is 2.41. The van der Waals surface area contributed by atoms with Gasteiger partial charge < -0.3 is 10.2 Å². The Morgan fingerprint density at radius 2 is 1.88 bits per heavy atom. The fourth-order valence-electron chi connectivity index (χ4n) is 2.41. The highest BCUT2D eigenvalue weighted by Crippen LogP contribution is 2.30. The van der Waals surface area contributed by atoms with Crippen molar-refractivity contribution in [2.24, 2.45) is 12.8 Å². The van der Waals surface area contributed by atoms with Gasteiger partial charge in [-0.05, 0) is 38.8 Å². The van der Waals surface area contributed by atoms with Crippen molar-refractivity contribution in [1.29, 1.82) is 0 Å². The van der Waals surface area contributed by atoms with Crippen molar-refractivity contribution in [2.75, 3.05) is 0 Å². The van der Waals surface area contributed by atoms with E-state index in [2.05, 4.69) is 5.10 Å². The number of rotatable bonds is 2. The summed E-state index contributed by atoms with van der Waals surface area (Å²) in [5, 5.41) is 4.23. The van der Waals surface area contributed by atoms with Crippen LogP contribution in [0.15, 0.2) is 10.6 Å². The molecule has 2 aromatic rings. The Kier molecular flexibility index (Phi) is 2.83. The summed E-state index contributed by atoms with van der Waals surface area (Å²) in [5.74, 6) is 1.83. The van der Waals surface area contributed by atoms with Gasteiger partial charge in [-0.2, -0.15) is 5.10 Å². The molecule has 17 heavy (non-hydrogen) atoms. The van der Waals surface area contributed by atoms with Crippen LogP contribution in [0, 0.1) is 27.7 Å². The van der Waals surface area contributed by atoms with Crippen LogP contribution in [0.3, 0.4) is 0 Å². The summed E-state index contributed by atoms with van der Waals surface area (Å²) in [6.45, 7) is 8.00. The largest absolute Gasteiger partial charge is 0.466 e. The molecule has 0 spiro atoms. The lowest BCUT2D eigenvalue weighted by atomic mass is 9.98. The van der Waals surface area contributed by atoms with E-state index in [0.717, 1.165) is 33.9 Å². The number of hydrogen-bond donors (Lipinski definition) is 1. The topological polar surface area (TPSA) is 57.0 Å². The molecule has 0 saturated carbocycles. The molecule has 2 aromatic heterocycles. The zero-order chi connectivity index (χ0) is 12.7. The van der Waals surface area contributed by atoms with Crippen LogP contribution in [-0.2, 0) is 7.05 Å². The molecule has 0 aromatic carbocycles. The van der Waals surface area contributed by atoms with Crippen molar-refractivity contribution in [3.8, 4) is 0 Å². The van der Waals surface area contributed by atoms with Gasteiger partial charge in [-0.15, -0.1) is 0 Å². The minimum atomic E-state index is -0.181. The number of nitrogens with two attached hydrogens (primary N) is 1. The second kappa shape index (κ2) is 4.04. The summed E-state index contributed by atoms with van der Waals surface area (Å²) < 4.78 is 7.47. The van der Waals surface area contributed by atoms with E-state index in [1.54, 1.807) is 0 Å². The van der Waals surface area contributed by atoms with E-state index >= 15 is 0 Å². The van der Waals surface area contributed by atoms with Crippen LogP contribution >= 0.6 is 0 Å². The summed E-state index contributed by atoms with van der Waals surface area (Å²) in [6, 6.07) is -0.181. The fraction of sp³-hybridized carbons (Fsp3) is 0.462. The van der Waals surface area contributed by atoms with Crippen LogP contribution in [0.1, 0.15) is 39.9 Å². The van der Waals surface area contributed by atoms with Gasteiger partial charge in [-0.25, -0.2) is 0 Å². The van der Waals surface area contributed by atoms with Gasteiger partial charge in [0.15, 0.2) is 0 Å². The van der Waals surface area contributed by atoms with Crippen LogP contribution in [0.2, 0.25) is 0 Å². The molecule has 2 heterocycles. The highest BCUT2D eigenvalue weighted by atomic mass is 16.3. The van der Waals surface area contributed by atoms with Crippen LogP contribution in [0.4, 0.5) is 0 Å². The van der Waals surface area contributed by atoms with Gasteiger partial charge in [-0.1, -0.05) is 0 Å². The van der Waals surface area contributed by atoms with E-state index in [1.807, 2.05) is 45.6 Å². The zero-order valence-electron chi connectivity index (χ0n) is 11.0. The molecule has 0 fully saturated rings. The lowest BCUT2D eigenvalue weighted by Gasteiger charge is -2.14. The summed E-state index contributed by atoms with van der Waals surface area (Å²) in [4.78, 5) is 0. The maximum atomic E-state index is 6.36. The molecule has 0 amide bonds. The van der Waals surface area contributed by atoms with Gasteiger partial charge >= 0.3 is 0 Å². The van der Waals surface area contributed by atoms with Gasteiger partial charge in [0.05, 0.1) is 17.9 Å². The second-order valence-corrected chi connectivity index (χ2v) is 4.57. The van der Waals surface area contributed by atoms with Gasteiger partial charge in [0.1, 0.15) is 11.5 Å². The Labute approximate surface area is 101 Å². The number of hydrogen-bond acceptors (Lipinski definition) is 3. The van der Waals surface area contributed by atoms with E-state index in [4.69, 9.17) is 10.2 Å². The average Bonchev–Trinajstić information content (AvgIpc) is 2.69. The molecular weight excluding hydrogens is 214 g/mol. The Balaban J connectivity index is 2.54. The van der Waals surface area contributed by atoms with Crippen LogP contribution in [-0.4, -0.2) is 9.78 Å². The molecule has 4 nitrogen and oxygen atoms in total. The smallest absolute Gasteiger partial charge is 0.106 e. The predicted octanol–water partition coefficient (Wildman–Crippen LogP) is 2.29. The summed E-state index contributed by atoms with van der Waals surface area (Å²) >= 11 is 0. The first kappa shape index (κ1) is 11.9. The van der Waals surface area contributed by atoms with Crippen molar-refractivity contribution in [3.63, 3.8) is 0 Å². The Hall–Kier alpha value is -1.55. The molecule has 0 aliphatic rings. The molecule has 0 saturated heterocycles. The van der Waals surface area contributed by atoms with Crippen molar-refractivity contribution in [2.45, 2.75) is 33.7 Å². The Morgan fingerprint density at radius 1 is 1.24 bits per heavy atom. The lowest BCUT2D eigenvalue weighted by molar-refractivity contribution is 0.497. The molecule has 2 N–H and O–H groups in total. The van der Waals surface area contributed by atoms with Gasteiger partial charge in [0.25, 0.3) is 0 Å². The third-order valence-corrected chi connectivity index (χ3v) is 3.40. The molecule has 92 valence electrons.